The van der Waals surface area contributed by atoms with Crippen LogP contribution in [0.4, 0.5) is 4.79 Å². The van der Waals surface area contributed by atoms with Crippen LogP contribution < -0.4 is 0 Å². The molecule has 2 aromatic rings. The van der Waals surface area contributed by atoms with E-state index in [1.54, 1.807) is 6.08 Å². The first-order valence-electron chi connectivity index (χ1n) is 8.96. The molecule has 1 aromatic carbocycles. The van der Waals surface area contributed by atoms with E-state index in [1.165, 1.54) is 14.0 Å². The number of aromatic nitrogens is 1. The molecule has 1 atom stereocenters. The Bertz CT molecular complexity index is 1060. The highest BCUT2D eigenvalue weighted by Crippen LogP contribution is 2.35. The standard InChI is InChI=1S/C21H21ClN2O4S/c1-11-6-7-16(22)10-17(11)23-12(2)8-15(13(23)3)9-18-19(25)24(21(27)29-18)14(4)20(26)28-5/h6-10,14H,1-5H3/b18-9+/t14-/m0/s1. The Kier molecular flexibility index (Phi) is 5.91. The average Bonchev–Trinajstić information content (AvgIpc) is 3.11. The Hall–Kier alpha value is -2.51. The summed E-state index contributed by atoms with van der Waals surface area (Å²) in [5, 5.41) is 0.149. The maximum Gasteiger partial charge on any atom is 0.328 e. The third-order valence-electron chi connectivity index (χ3n) is 4.92. The number of halogens is 1. The summed E-state index contributed by atoms with van der Waals surface area (Å²) in [6.07, 6.45) is 1.69. The number of hydrogen-bond donors (Lipinski definition) is 0. The predicted molar refractivity (Wildman–Crippen MR) is 114 cm³/mol. The van der Waals surface area contributed by atoms with Crippen LogP contribution in [0.2, 0.25) is 5.02 Å². The highest BCUT2D eigenvalue weighted by atomic mass is 35.5. The first-order valence-corrected chi connectivity index (χ1v) is 10.2. The Balaban J connectivity index is 2.00. The largest absolute Gasteiger partial charge is 0.467 e. The van der Waals surface area contributed by atoms with Gasteiger partial charge in [-0.05, 0) is 74.9 Å². The van der Waals surface area contributed by atoms with E-state index in [4.69, 9.17) is 11.6 Å². The molecule has 2 heterocycles. The van der Waals surface area contributed by atoms with Crippen LogP contribution in [-0.2, 0) is 14.3 Å². The number of thioether (sulfide) groups is 1. The molecule has 0 bridgehead atoms. The molecule has 0 N–H and O–H groups in total. The van der Waals surface area contributed by atoms with Crippen molar-refractivity contribution in [1.29, 1.82) is 0 Å². The lowest BCUT2D eigenvalue weighted by Gasteiger charge is -2.18. The lowest BCUT2D eigenvalue weighted by molar-refractivity contribution is -0.148. The van der Waals surface area contributed by atoms with E-state index in [1.807, 2.05) is 45.0 Å². The fourth-order valence-electron chi connectivity index (χ4n) is 3.36. The zero-order chi connectivity index (χ0) is 21.5. The van der Waals surface area contributed by atoms with Gasteiger partial charge < -0.3 is 9.30 Å². The molecule has 8 heteroatoms. The van der Waals surface area contributed by atoms with E-state index < -0.39 is 23.2 Å². The molecule has 0 radical (unpaired) electrons. The quantitative estimate of drug-likeness (QED) is 0.519. The van der Waals surface area contributed by atoms with Gasteiger partial charge in [-0.25, -0.2) is 4.79 Å². The number of esters is 1. The van der Waals surface area contributed by atoms with E-state index in [0.717, 1.165) is 44.9 Å². The normalized spacial score (nSPS) is 16.6. The lowest BCUT2D eigenvalue weighted by atomic mass is 10.2. The molecule has 1 aliphatic rings. The first-order chi connectivity index (χ1) is 13.6. The molecule has 2 amide bonds. The van der Waals surface area contributed by atoms with Gasteiger partial charge in [-0.2, -0.15) is 0 Å². The summed E-state index contributed by atoms with van der Waals surface area (Å²) in [5.74, 6) is -1.13. The minimum Gasteiger partial charge on any atom is -0.467 e. The van der Waals surface area contributed by atoms with Crippen molar-refractivity contribution in [3.05, 3.63) is 56.7 Å². The maximum atomic E-state index is 12.7. The third kappa shape index (κ3) is 3.84. The highest BCUT2D eigenvalue weighted by Gasteiger charge is 2.41. The number of nitrogens with zero attached hydrogens (tertiary/aromatic N) is 2. The van der Waals surface area contributed by atoms with Crippen LogP contribution in [0, 0.1) is 20.8 Å². The SMILES string of the molecule is COC(=O)[C@H](C)N1C(=O)S/C(=C/c2cc(C)n(-c3cc(Cl)ccc3C)c2C)C1=O. The number of methoxy groups -OCH3 is 1. The number of imide groups is 1. The van der Waals surface area contributed by atoms with Gasteiger partial charge in [-0.15, -0.1) is 0 Å². The van der Waals surface area contributed by atoms with Gasteiger partial charge >= 0.3 is 5.97 Å². The number of benzene rings is 1. The molecule has 0 unspecified atom stereocenters. The van der Waals surface area contributed by atoms with Crippen LogP contribution in [0.5, 0.6) is 0 Å². The molecular formula is C21H21ClN2O4S. The molecule has 152 valence electrons. The van der Waals surface area contributed by atoms with E-state index in [2.05, 4.69) is 9.30 Å². The zero-order valence-corrected chi connectivity index (χ0v) is 18.4. The summed E-state index contributed by atoms with van der Waals surface area (Å²) in [7, 11) is 1.22. The zero-order valence-electron chi connectivity index (χ0n) is 16.8. The molecule has 1 fully saturated rings. The summed E-state index contributed by atoms with van der Waals surface area (Å²) in [6.45, 7) is 7.39. The Labute approximate surface area is 178 Å². The number of amides is 2. The Morgan fingerprint density at radius 3 is 2.55 bits per heavy atom. The van der Waals surface area contributed by atoms with Gasteiger partial charge in [0.05, 0.1) is 12.0 Å². The lowest BCUT2D eigenvalue weighted by Crippen LogP contribution is -2.42. The molecule has 29 heavy (non-hydrogen) atoms. The van der Waals surface area contributed by atoms with Gasteiger partial charge in [0.25, 0.3) is 11.1 Å². The smallest absolute Gasteiger partial charge is 0.328 e. The summed E-state index contributed by atoms with van der Waals surface area (Å²) < 4.78 is 6.72. The molecule has 1 aliphatic heterocycles. The van der Waals surface area contributed by atoms with Gasteiger partial charge in [-0.1, -0.05) is 17.7 Å². The Morgan fingerprint density at radius 1 is 1.21 bits per heavy atom. The van der Waals surface area contributed by atoms with E-state index in [0.29, 0.717) is 5.02 Å². The van der Waals surface area contributed by atoms with Crippen LogP contribution in [0.1, 0.15) is 29.4 Å². The number of ether oxygens (including phenoxy) is 1. The topological polar surface area (TPSA) is 68.6 Å². The van der Waals surface area contributed by atoms with Crippen LogP contribution in [0.25, 0.3) is 11.8 Å². The van der Waals surface area contributed by atoms with E-state index in [-0.39, 0.29) is 4.91 Å². The third-order valence-corrected chi connectivity index (χ3v) is 6.04. The molecule has 0 spiro atoms. The molecule has 3 rings (SSSR count). The number of carbonyl (C=O) groups excluding carboxylic acids is 3. The van der Waals surface area contributed by atoms with Gasteiger partial charge in [0.2, 0.25) is 0 Å². The molecule has 6 nitrogen and oxygen atoms in total. The van der Waals surface area contributed by atoms with Crippen LogP contribution in [-0.4, -0.2) is 39.7 Å². The van der Waals surface area contributed by atoms with Crippen molar-refractivity contribution in [2.75, 3.05) is 7.11 Å². The van der Waals surface area contributed by atoms with E-state index >= 15 is 0 Å². The monoisotopic (exact) mass is 432 g/mol. The number of rotatable bonds is 4. The van der Waals surface area contributed by atoms with Crippen molar-refractivity contribution >= 4 is 46.6 Å². The molecule has 0 saturated carbocycles. The van der Waals surface area contributed by atoms with Crippen molar-refractivity contribution in [2.24, 2.45) is 0 Å². The number of aryl methyl sites for hydroxylation is 2. The van der Waals surface area contributed by atoms with Gasteiger partial charge in [-0.3, -0.25) is 14.5 Å². The minimum absolute atomic E-state index is 0.272. The van der Waals surface area contributed by atoms with Crippen molar-refractivity contribution in [1.82, 2.24) is 9.47 Å². The highest BCUT2D eigenvalue weighted by molar-refractivity contribution is 8.18. The fourth-order valence-corrected chi connectivity index (χ4v) is 4.42. The summed E-state index contributed by atoms with van der Waals surface area (Å²) in [4.78, 5) is 38.0. The fraction of sp³-hybridized carbons (Fsp3) is 0.286. The Morgan fingerprint density at radius 2 is 1.90 bits per heavy atom. The molecular weight excluding hydrogens is 412 g/mol. The second kappa shape index (κ2) is 8.08. The summed E-state index contributed by atoms with van der Waals surface area (Å²) in [5.41, 5.74) is 4.73. The predicted octanol–water partition coefficient (Wildman–Crippen LogP) is 4.65. The molecule has 0 aliphatic carbocycles. The number of carbonyl (C=O) groups is 3. The van der Waals surface area contributed by atoms with Crippen molar-refractivity contribution in [2.45, 2.75) is 33.7 Å². The van der Waals surface area contributed by atoms with Gasteiger partial charge in [0, 0.05) is 22.1 Å². The maximum absolute atomic E-state index is 12.7. The second-order valence-corrected chi connectivity index (χ2v) is 8.27. The summed E-state index contributed by atoms with van der Waals surface area (Å²) >= 11 is 7.00. The van der Waals surface area contributed by atoms with Crippen molar-refractivity contribution in [3.8, 4) is 5.69 Å². The average molecular weight is 433 g/mol. The van der Waals surface area contributed by atoms with Crippen LogP contribution >= 0.6 is 23.4 Å². The van der Waals surface area contributed by atoms with Gasteiger partial charge in [0.1, 0.15) is 6.04 Å². The number of hydrogen-bond acceptors (Lipinski definition) is 5. The van der Waals surface area contributed by atoms with Crippen molar-refractivity contribution < 1.29 is 19.1 Å². The summed E-state index contributed by atoms with van der Waals surface area (Å²) in [6, 6.07) is 6.67. The van der Waals surface area contributed by atoms with Crippen molar-refractivity contribution in [3.63, 3.8) is 0 Å². The second-order valence-electron chi connectivity index (χ2n) is 6.84. The van der Waals surface area contributed by atoms with E-state index in [9.17, 15) is 14.4 Å². The first kappa shape index (κ1) is 21.2. The van der Waals surface area contributed by atoms with Crippen LogP contribution in [0.3, 0.4) is 0 Å². The molecule has 1 saturated heterocycles. The molecule has 1 aromatic heterocycles. The van der Waals surface area contributed by atoms with Gasteiger partial charge in [0.15, 0.2) is 0 Å². The van der Waals surface area contributed by atoms with Crippen LogP contribution in [0.15, 0.2) is 29.2 Å². The minimum atomic E-state index is -0.972.